The smallest absolute Gasteiger partial charge is 0.726 e. The third-order valence-corrected chi connectivity index (χ3v) is 6.16. The third-order valence-electron chi connectivity index (χ3n) is 5.74. The summed E-state index contributed by atoms with van der Waals surface area (Å²) in [6.07, 6.45) is 28.1. The van der Waals surface area contributed by atoms with Gasteiger partial charge in [0.15, 0.2) is 0 Å². The molecule has 1 unspecified atom stereocenters. The van der Waals surface area contributed by atoms with E-state index in [4.69, 9.17) is 0 Å². The van der Waals surface area contributed by atoms with Crippen molar-refractivity contribution in [3.8, 4) is 0 Å². The van der Waals surface area contributed by atoms with Crippen molar-refractivity contribution in [1.82, 2.24) is 0 Å². The first-order chi connectivity index (χ1) is 14.5. The van der Waals surface area contributed by atoms with Crippen molar-refractivity contribution in [1.29, 1.82) is 0 Å². The van der Waals surface area contributed by atoms with Gasteiger partial charge in [-0.1, -0.05) is 129 Å². The summed E-state index contributed by atoms with van der Waals surface area (Å²) in [4.78, 5) is 0. The van der Waals surface area contributed by atoms with Crippen LogP contribution in [0, 0.1) is 5.92 Å². The Morgan fingerprint density at radius 3 is 1.58 bits per heavy atom. The maximum Gasteiger partial charge on any atom is 1.00 e. The van der Waals surface area contributed by atoms with Crippen LogP contribution in [0.2, 0.25) is 0 Å². The van der Waals surface area contributed by atoms with Gasteiger partial charge in [0.05, 0.1) is 6.61 Å². The number of rotatable bonds is 23. The summed E-state index contributed by atoms with van der Waals surface area (Å²) < 4.78 is 36.8. The summed E-state index contributed by atoms with van der Waals surface area (Å²) in [6.45, 7) is 4.44. The zero-order valence-electron chi connectivity index (χ0n) is 20.9. The summed E-state index contributed by atoms with van der Waals surface area (Å²) in [5, 5.41) is 0. The van der Waals surface area contributed by atoms with E-state index < -0.39 is 10.4 Å². The van der Waals surface area contributed by atoms with E-state index in [1.807, 2.05) is 0 Å². The molecule has 0 aromatic heterocycles. The molecule has 0 saturated heterocycles. The Morgan fingerprint density at radius 2 is 1.13 bits per heavy atom. The molecule has 0 amide bonds. The van der Waals surface area contributed by atoms with Gasteiger partial charge in [0.2, 0.25) is 10.4 Å². The van der Waals surface area contributed by atoms with E-state index >= 15 is 0 Å². The summed E-state index contributed by atoms with van der Waals surface area (Å²) in [7, 11) is -4.60. The maximum atomic E-state index is 10.8. The number of hydrogen-bond donors (Lipinski definition) is 0. The molecule has 0 aliphatic heterocycles. The van der Waals surface area contributed by atoms with Crippen molar-refractivity contribution >= 4 is 10.4 Å². The fourth-order valence-corrected chi connectivity index (χ4v) is 4.15. The molecule has 0 saturated carbocycles. The van der Waals surface area contributed by atoms with E-state index in [0.717, 1.165) is 25.7 Å². The molecule has 0 N–H and O–H groups in total. The minimum absolute atomic E-state index is 0. The Morgan fingerprint density at radius 1 is 0.710 bits per heavy atom. The van der Waals surface area contributed by atoms with Crippen molar-refractivity contribution < 1.29 is 46.7 Å². The van der Waals surface area contributed by atoms with E-state index in [9.17, 15) is 13.0 Å². The number of unbranched alkanes of at least 4 members (excludes halogenated alkanes) is 16. The molecule has 180 valence electrons. The van der Waals surface area contributed by atoms with Crippen LogP contribution in [0.5, 0.6) is 0 Å². The first-order valence-electron chi connectivity index (χ1n) is 12.8. The molecule has 0 bridgehead atoms. The second-order valence-electron chi connectivity index (χ2n) is 8.76. The normalized spacial score (nSPS) is 12.9. The summed E-state index contributed by atoms with van der Waals surface area (Å²) in [6, 6.07) is 0. The van der Waals surface area contributed by atoms with Crippen LogP contribution >= 0.6 is 0 Å². The van der Waals surface area contributed by atoms with E-state index in [1.165, 1.54) is 96.3 Å². The molecule has 0 aromatic rings. The minimum atomic E-state index is -4.60. The van der Waals surface area contributed by atoms with Gasteiger partial charge in [-0.3, -0.25) is 4.18 Å². The second-order valence-corrected chi connectivity index (χ2v) is 9.81. The van der Waals surface area contributed by atoms with Crippen LogP contribution < -0.4 is 29.6 Å². The molecule has 0 aromatic carbocycles. The Bertz CT molecular complexity index is 480. The van der Waals surface area contributed by atoms with Gasteiger partial charge in [-0.05, 0) is 19.3 Å². The summed E-state index contributed by atoms with van der Waals surface area (Å²) in [5.74, 6) is 0.0209. The topological polar surface area (TPSA) is 66.4 Å². The average Bonchev–Trinajstić information content (AvgIpc) is 2.70. The van der Waals surface area contributed by atoms with Crippen LogP contribution in [-0.4, -0.2) is 19.6 Å². The van der Waals surface area contributed by atoms with Crippen molar-refractivity contribution in [3.05, 3.63) is 12.2 Å². The molecule has 0 aliphatic carbocycles. The standard InChI is InChI=1S/C25H50O4S.Na/c1-3-5-7-9-11-12-13-14-15-16-17-19-21-23-25(24-29-30(26,27)28)22-20-18-10-8-6-4-2;/h20,22,25H,3-19,21,23-24H2,1-2H3,(H,26,27,28);/q;+1/p-1/b22-20+;. The van der Waals surface area contributed by atoms with E-state index in [-0.39, 0.29) is 42.1 Å². The molecular weight excluding hydrogens is 419 g/mol. The number of allylic oxidation sites excluding steroid dienone is 1. The fraction of sp³-hybridized carbons (Fsp3) is 0.920. The maximum absolute atomic E-state index is 10.8. The molecule has 0 rings (SSSR count). The van der Waals surface area contributed by atoms with Gasteiger partial charge < -0.3 is 4.55 Å². The van der Waals surface area contributed by atoms with Gasteiger partial charge in [-0.25, -0.2) is 8.42 Å². The van der Waals surface area contributed by atoms with Gasteiger partial charge >= 0.3 is 29.6 Å². The zero-order valence-corrected chi connectivity index (χ0v) is 23.7. The molecule has 0 radical (unpaired) electrons. The first-order valence-corrected chi connectivity index (χ1v) is 14.1. The summed E-state index contributed by atoms with van der Waals surface area (Å²) >= 11 is 0. The van der Waals surface area contributed by atoms with Crippen molar-refractivity contribution in [2.24, 2.45) is 5.92 Å². The molecule has 0 heterocycles. The van der Waals surface area contributed by atoms with Crippen LogP contribution in [-0.2, 0) is 14.6 Å². The fourth-order valence-electron chi connectivity index (χ4n) is 3.81. The molecule has 31 heavy (non-hydrogen) atoms. The van der Waals surface area contributed by atoms with Gasteiger partial charge in [-0.15, -0.1) is 0 Å². The SMILES string of the molecule is CCCCCC/C=C/C(CCCCCCCCCCCCCCC)COS(=O)(=O)[O-].[Na+]. The molecule has 0 spiro atoms. The van der Waals surface area contributed by atoms with Crippen molar-refractivity contribution in [3.63, 3.8) is 0 Å². The van der Waals surface area contributed by atoms with Gasteiger partial charge in [0.1, 0.15) is 0 Å². The van der Waals surface area contributed by atoms with Crippen LogP contribution in [0.1, 0.15) is 136 Å². The molecule has 0 fully saturated rings. The van der Waals surface area contributed by atoms with Crippen LogP contribution in [0.25, 0.3) is 0 Å². The van der Waals surface area contributed by atoms with Crippen molar-refractivity contribution in [2.45, 2.75) is 136 Å². The molecule has 4 nitrogen and oxygen atoms in total. The van der Waals surface area contributed by atoms with E-state index in [0.29, 0.717) is 0 Å². The molecule has 0 aliphatic rings. The molecular formula is C25H49NaO4S. The Balaban J connectivity index is 0. The van der Waals surface area contributed by atoms with Crippen LogP contribution in [0.4, 0.5) is 0 Å². The Hall–Kier alpha value is 0.610. The van der Waals surface area contributed by atoms with Gasteiger partial charge in [-0.2, -0.15) is 0 Å². The van der Waals surface area contributed by atoms with Crippen molar-refractivity contribution in [2.75, 3.05) is 6.61 Å². The molecule has 1 atom stereocenters. The molecule has 6 heteroatoms. The monoisotopic (exact) mass is 468 g/mol. The van der Waals surface area contributed by atoms with Crippen LogP contribution in [0.3, 0.4) is 0 Å². The van der Waals surface area contributed by atoms with Gasteiger partial charge in [0.25, 0.3) is 0 Å². The Kier molecular flexibility index (Phi) is 27.5. The van der Waals surface area contributed by atoms with Gasteiger partial charge in [0, 0.05) is 5.92 Å². The Labute approximate surface area is 216 Å². The summed E-state index contributed by atoms with van der Waals surface area (Å²) in [5.41, 5.74) is 0. The predicted molar refractivity (Wildman–Crippen MR) is 127 cm³/mol. The average molecular weight is 469 g/mol. The number of hydrogen-bond acceptors (Lipinski definition) is 4. The predicted octanol–water partition coefficient (Wildman–Crippen LogP) is 5.09. The van der Waals surface area contributed by atoms with E-state index in [1.54, 1.807) is 0 Å². The zero-order chi connectivity index (χ0) is 22.3. The quantitative estimate of drug-likeness (QED) is 0.0689. The second kappa shape index (κ2) is 25.2. The largest absolute Gasteiger partial charge is 1.00 e. The van der Waals surface area contributed by atoms with Crippen LogP contribution in [0.15, 0.2) is 12.2 Å². The third kappa shape index (κ3) is 28.6. The van der Waals surface area contributed by atoms with E-state index in [2.05, 4.69) is 30.2 Å². The minimum Gasteiger partial charge on any atom is -0.726 e. The first kappa shape index (κ1) is 33.8.